The minimum absolute atomic E-state index is 0.169. The second-order valence-corrected chi connectivity index (χ2v) is 5.97. The molecular weight excluding hydrogens is 269 g/mol. The molecule has 2 aromatic rings. The normalized spacial score (nSPS) is 12.7. The van der Waals surface area contributed by atoms with Crippen LogP contribution in [0.4, 0.5) is 4.39 Å². The van der Waals surface area contributed by atoms with Crippen molar-refractivity contribution in [1.29, 1.82) is 0 Å². The fourth-order valence-electron chi connectivity index (χ4n) is 1.90. The molecule has 18 heavy (non-hydrogen) atoms. The molecule has 0 saturated carbocycles. The van der Waals surface area contributed by atoms with Crippen molar-refractivity contribution in [3.05, 3.63) is 56.5 Å². The van der Waals surface area contributed by atoms with Gasteiger partial charge in [0.05, 0.1) is 4.34 Å². The summed E-state index contributed by atoms with van der Waals surface area (Å²) in [7, 11) is 1.91. The van der Waals surface area contributed by atoms with Gasteiger partial charge in [0.25, 0.3) is 0 Å². The van der Waals surface area contributed by atoms with Gasteiger partial charge in [0.15, 0.2) is 0 Å². The highest BCUT2D eigenvalue weighted by Crippen LogP contribution is 2.32. The van der Waals surface area contributed by atoms with Crippen molar-refractivity contribution in [1.82, 2.24) is 5.32 Å². The van der Waals surface area contributed by atoms with E-state index in [1.165, 1.54) is 10.9 Å². The molecule has 1 atom stereocenters. The van der Waals surface area contributed by atoms with Crippen LogP contribution in [0.25, 0.3) is 0 Å². The fourth-order valence-corrected chi connectivity index (χ4v) is 3.23. The van der Waals surface area contributed by atoms with Crippen LogP contribution >= 0.6 is 22.9 Å². The molecule has 4 heteroatoms. The summed E-state index contributed by atoms with van der Waals surface area (Å²) < 4.78 is 14.0. The predicted octanol–water partition coefficient (Wildman–Crippen LogP) is 4.35. The highest BCUT2D eigenvalue weighted by molar-refractivity contribution is 7.16. The molecule has 1 nitrogen and oxygen atoms in total. The number of halogens is 2. The van der Waals surface area contributed by atoms with Crippen LogP contribution < -0.4 is 5.32 Å². The van der Waals surface area contributed by atoms with Gasteiger partial charge in [-0.3, -0.25) is 0 Å². The van der Waals surface area contributed by atoms with Crippen LogP contribution in [0, 0.1) is 12.7 Å². The maximum atomic E-state index is 13.2. The van der Waals surface area contributed by atoms with Gasteiger partial charge in [0, 0.05) is 10.9 Å². The van der Waals surface area contributed by atoms with Crippen molar-refractivity contribution in [3.63, 3.8) is 0 Å². The van der Waals surface area contributed by atoms with Crippen molar-refractivity contribution in [2.75, 3.05) is 7.05 Å². The molecule has 0 saturated heterocycles. The Morgan fingerprint density at radius 3 is 2.72 bits per heavy atom. The number of likely N-dealkylation sites (N-methyl/N-ethyl adjacent to an activating group) is 1. The van der Waals surface area contributed by atoms with E-state index in [0.717, 1.165) is 21.9 Å². The molecule has 1 aromatic carbocycles. The van der Waals surface area contributed by atoms with E-state index in [0.29, 0.717) is 0 Å². The first-order valence-electron chi connectivity index (χ1n) is 5.77. The van der Waals surface area contributed by atoms with Gasteiger partial charge in [-0.1, -0.05) is 23.7 Å². The molecule has 96 valence electrons. The molecule has 0 radical (unpaired) electrons. The lowest BCUT2D eigenvalue weighted by Crippen LogP contribution is -2.17. The van der Waals surface area contributed by atoms with Gasteiger partial charge in [-0.25, -0.2) is 4.39 Å². The van der Waals surface area contributed by atoms with Crippen molar-refractivity contribution in [2.24, 2.45) is 0 Å². The summed E-state index contributed by atoms with van der Waals surface area (Å²) in [5.74, 6) is -0.192. The number of nitrogens with one attached hydrogen (secondary N) is 1. The fraction of sp³-hybridized carbons (Fsp3) is 0.286. The van der Waals surface area contributed by atoms with E-state index >= 15 is 0 Å². The minimum atomic E-state index is -0.192. The third kappa shape index (κ3) is 3.10. The Balaban J connectivity index is 2.19. The second-order valence-electron chi connectivity index (χ2n) is 4.28. The van der Waals surface area contributed by atoms with Crippen LogP contribution in [0.15, 0.2) is 30.3 Å². The van der Waals surface area contributed by atoms with Crippen LogP contribution in [0.2, 0.25) is 4.34 Å². The van der Waals surface area contributed by atoms with Crippen LogP contribution in [0.1, 0.15) is 22.0 Å². The van der Waals surface area contributed by atoms with Crippen molar-refractivity contribution >= 4 is 22.9 Å². The Kier molecular flexibility index (Phi) is 4.38. The van der Waals surface area contributed by atoms with Crippen molar-refractivity contribution < 1.29 is 4.39 Å². The number of hydrogen-bond acceptors (Lipinski definition) is 2. The van der Waals surface area contributed by atoms with Gasteiger partial charge >= 0.3 is 0 Å². The Morgan fingerprint density at radius 2 is 2.17 bits per heavy atom. The summed E-state index contributed by atoms with van der Waals surface area (Å²) in [5.41, 5.74) is 2.08. The first kappa shape index (κ1) is 13.5. The Labute approximate surface area is 116 Å². The largest absolute Gasteiger partial charge is 0.312 e. The first-order valence-corrected chi connectivity index (χ1v) is 6.97. The minimum Gasteiger partial charge on any atom is -0.312 e. The molecule has 0 amide bonds. The number of benzene rings is 1. The lowest BCUT2D eigenvalue weighted by Gasteiger charge is -2.14. The van der Waals surface area contributed by atoms with Gasteiger partial charge < -0.3 is 5.32 Å². The summed E-state index contributed by atoms with van der Waals surface area (Å²) >= 11 is 7.67. The summed E-state index contributed by atoms with van der Waals surface area (Å²) in [4.78, 5) is 1.18. The Morgan fingerprint density at radius 1 is 1.39 bits per heavy atom. The third-order valence-corrected chi connectivity index (χ3v) is 4.57. The molecule has 1 heterocycles. The number of thiophene rings is 1. The molecule has 0 aliphatic carbocycles. The quantitative estimate of drug-likeness (QED) is 0.879. The molecule has 0 aliphatic heterocycles. The topological polar surface area (TPSA) is 12.0 Å². The molecule has 0 aliphatic rings. The molecule has 1 aromatic heterocycles. The molecular formula is C14H15ClFNS. The zero-order chi connectivity index (χ0) is 13.1. The van der Waals surface area contributed by atoms with Crippen LogP contribution in [0.5, 0.6) is 0 Å². The number of rotatable bonds is 4. The zero-order valence-electron chi connectivity index (χ0n) is 10.3. The predicted molar refractivity (Wildman–Crippen MR) is 76.0 cm³/mol. The average Bonchev–Trinajstić information content (AvgIpc) is 2.66. The smallest absolute Gasteiger partial charge is 0.123 e. The summed E-state index contributed by atoms with van der Waals surface area (Å²) in [5, 5.41) is 3.26. The van der Waals surface area contributed by atoms with Gasteiger partial charge in [0.2, 0.25) is 0 Å². The Bertz CT molecular complexity index is 519. The van der Waals surface area contributed by atoms with Crippen molar-refractivity contribution in [2.45, 2.75) is 19.4 Å². The standard InChI is InChI=1S/C14H15ClFNS/c1-9-6-13(18-14(9)15)12(17-2)8-10-4-3-5-11(16)7-10/h3-7,12,17H,8H2,1-2H3. The lowest BCUT2D eigenvalue weighted by molar-refractivity contribution is 0.592. The van der Waals surface area contributed by atoms with E-state index in [1.54, 1.807) is 23.5 Å². The van der Waals surface area contributed by atoms with Gasteiger partial charge in [-0.15, -0.1) is 11.3 Å². The zero-order valence-corrected chi connectivity index (χ0v) is 11.9. The van der Waals surface area contributed by atoms with Crippen LogP contribution in [-0.2, 0) is 6.42 Å². The van der Waals surface area contributed by atoms with Crippen LogP contribution in [-0.4, -0.2) is 7.05 Å². The summed E-state index contributed by atoms with van der Waals surface area (Å²) in [6.07, 6.45) is 0.755. The van der Waals surface area contributed by atoms with E-state index in [2.05, 4.69) is 11.4 Å². The van der Waals surface area contributed by atoms with E-state index in [9.17, 15) is 4.39 Å². The second kappa shape index (κ2) is 5.83. The van der Waals surface area contributed by atoms with Crippen LogP contribution in [0.3, 0.4) is 0 Å². The maximum Gasteiger partial charge on any atom is 0.123 e. The molecule has 2 rings (SSSR count). The number of hydrogen-bond donors (Lipinski definition) is 1. The summed E-state index contributed by atoms with van der Waals surface area (Å²) in [6, 6.07) is 8.98. The number of aryl methyl sites for hydroxylation is 1. The first-order chi connectivity index (χ1) is 8.60. The molecule has 0 fully saturated rings. The average molecular weight is 284 g/mol. The monoisotopic (exact) mass is 283 g/mol. The molecule has 1 unspecified atom stereocenters. The highest BCUT2D eigenvalue weighted by Gasteiger charge is 2.14. The van der Waals surface area contributed by atoms with Gasteiger partial charge in [-0.05, 0) is 49.7 Å². The van der Waals surface area contributed by atoms with Crippen molar-refractivity contribution in [3.8, 4) is 0 Å². The lowest BCUT2D eigenvalue weighted by atomic mass is 10.0. The molecule has 1 N–H and O–H groups in total. The molecule has 0 spiro atoms. The van der Waals surface area contributed by atoms with Gasteiger partial charge in [0.1, 0.15) is 5.82 Å². The van der Waals surface area contributed by atoms with E-state index < -0.39 is 0 Å². The highest BCUT2D eigenvalue weighted by atomic mass is 35.5. The molecule has 0 bridgehead atoms. The van der Waals surface area contributed by atoms with Gasteiger partial charge in [-0.2, -0.15) is 0 Å². The van der Waals surface area contributed by atoms with E-state index in [-0.39, 0.29) is 11.9 Å². The van der Waals surface area contributed by atoms with E-state index in [1.807, 2.05) is 20.0 Å². The maximum absolute atomic E-state index is 13.2. The Hall–Kier alpha value is -0.900. The third-order valence-electron chi connectivity index (χ3n) is 2.90. The SMILES string of the molecule is CNC(Cc1cccc(F)c1)c1cc(C)c(Cl)s1. The summed E-state index contributed by atoms with van der Waals surface area (Å²) in [6.45, 7) is 2.00. The van der Waals surface area contributed by atoms with E-state index in [4.69, 9.17) is 11.6 Å².